The summed E-state index contributed by atoms with van der Waals surface area (Å²) in [7, 11) is 1.68. The van der Waals surface area contributed by atoms with E-state index >= 15 is 0 Å². The minimum absolute atomic E-state index is 0.158. The van der Waals surface area contributed by atoms with Crippen molar-refractivity contribution >= 4 is 57.4 Å². The molecule has 2 aromatic heterocycles. The molecule has 4 heterocycles. The highest BCUT2D eigenvalue weighted by molar-refractivity contribution is 8.26. The van der Waals surface area contributed by atoms with Crippen LogP contribution in [-0.4, -0.2) is 64.3 Å². The topological polar surface area (TPSA) is 70.4 Å². The van der Waals surface area contributed by atoms with E-state index in [1.54, 1.807) is 28.7 Å². The average Bonchev–Trinajstić information content (AvgIpc) is 3.17. The molecule has 5 rings (SSSR count). The molecule has 0 saturated carbocycles. The molecule has 2 aliphatic rings. The SMILES string of the molecule is COc1ccccc1N1CCN(c2nc3ccc(C)cn3c(=O)c2C=C2SC(=S)N(CC(C)C)C2=O)CC1. The van der Waals surface area contributed by atoms with Crippen molar-refractivity contribution in [2.45, 2.75) is 20.8 Å². The molecule has 10 heteroatoms. The third-order valence-corrected chi connectivity index (χ3v) is 8.06. The fraction of sp³-hybridized carbons (Fsp3) is 0.357. The first-order chi connectivity index (χ1) is 18.3. The largest absolute Gasteiger partial charge is 0.495 e. The summed E-state index contributed by atoms with van der Waals surface area (Å²) in [6.45, 7) is 9.40. The van der Waals surface area contributed by atoms with E-state index in [1.165, 1.54) is 11.8 Å². The maximum absolute atomic E-state index is 13.8. The number of carbonyl (C=O) groups is 1. The monoisotopic (exact) mass is 549 g/mol. The zero-order chi connectivity index (χ0) is 27.0. The lowest BCUT2D eigenvalue weighted by atomic mass is 10.2. The summed E-state index contributed by atoms with van der Waals surface area (Å²) in [4.78, 5) is 38.4. The van der Waals surface area contributed by atoms with E-state index in [4.69, 9.17) is 21.9 Å². The molecule has 2 aliphatic heterocycles. The van der Waals surface area contributed by atoms with Crippen molar-refractivity contribution < 1.29 is 9.53 Å². The molecule has 8 nitrogen and oxygen atoms in total. The maximum atomic E-state index is 13.8. The summed E-state index contributed by atoms with van der Waals surface area (Å²) in [6.07, 6.45) is 3.47. The van der Waals surface area contributed by atoms with E-state index < -0.39 is 0 Å². The molecule has 1 aromatic carbocycles. The van der Waals surface area contributed by atoms with Crippen LogP contribution in [0.25, 0.3) is 11.7 Å². The summed E-state index contributed by atoms with van der Waals surface area (Å²) >= 11 is 6.74. The van der Waals surface area contributed by atoms with Gasteiger partial charge >= 0.3 is 0 Å². The number of aryl methyl sites for hydroxylation is 1. The van der Waals surface area contributed by atoms with Gasteiger partial charge in [-0.1, -0.05) is 56.0 Å². The Balaban J connectivity index is 1.52. The van der Waals surface area contributed by atoms with Crippen molar-refractivity contribution in [3.05, 3.63) is 69.0 Å². The van der Waals surface area contributed by atoms with Crippen molar-refractivity contribution in [3.8, 4) is 5.75 Å². The number of nitrogens with zero attached hydrogens (tertiary/aromatic N) is 5. The number of amides is 1. The van der Waals surface area contributed by atoms with Gasteiger partial charge in [0.2, 0.25) is 0 Å². The molecular weight excluding hydrogens is 518 g/mol. The van der Waals surface area contributed by atoms with Crippen LogP contribution in [0.4, 0.5) is 11.5 Å². The van der Waals surface area contributed by atoms with Gasteiger partial charge in [0.1, 0.15) is 21.5 Å². The highest BCUT2D eigenvalue weighted by atomic mass is 32.2. The zero-order valence-corrected chi connectivity index (χ0v) is 23.6. The number of piperazine rings is 1. The quantitative estimate of drug-likeness (QED) is 0.335. The molecule has 0 unspecified atom stereocenters. The summed E-state index contributed by atoms with van der Waals surface area (Å²) < 4.78 is 7.64. The number of anilines is 2. The minimum Gasteiger partial charge on any atom is -0.495 e. The molecule has 0 aliphatic carbocycles. The van der Waals surface area contributed by atoms with Crippen LogP contribution in [0, 0.1) is 12.8 Å². The van der Waals surface area contributed by atoms with E-state index in [2.05, 4.69) is 15.9 Å². The van der Waals surface area contributed by atoms with Crippen molar-refractivity contribution in [2.24, 2.45) is 5.92 Å². The Morgan fingerprint density at radius 2 is 1.79 bits per heavy atom. The Hall–Kier alpha value is -3.37. The number of hydrogen-bond acceptors (Lipinski definition) is 8. The lowest BCUT2D eigenvalue weighted by Gasteiger charge is -2.37. The molecule has 1 amide bonds. The first kappa shape index (κ1) is 26.2. The van der Waals surface area contributed by atoms with Crippen molar-refractivity contribution in [1.29, 1.82) is 0 Å². The second-order valence-corrected chi connectivity index (χ2v) is 11.6. The fourth-order valence-electron chi connectivity index (χ4n) is 4.82. The zero-order valence-electron chi connectivity index (χ0n) is 22.0. The van der Waals surface area contributed by atoms with E-state index in [-0.39, 0.29) is 17.4 Å². The van der Waals surface area contributed by atoms with Crippen LogP contribution >= 0.6 is 24.0 Å². The van der Waals surface area contributed by atoms with Crippen molar-refractivity contribution in [3.63, 3.8) is 0 Å². The van der Waals surface area contributed by atoms with E-state index in [0.717, 1.165) is 30.1 Å². The first-order valence-electron chi connectivity index (χ1n) is 12.7. The molecule has 0 spiro atoms. The molecule has 3 aromatic rings. The highest BCUT2D eigenvalue weighted by Gasteiger charge is 2.33. The predicted molar refractivity (Wildman–Crippen MR) is 158 cm³/mol. The van der Waals surface area contributed by atoms with Crippen LogP contribution < -0.4 is 20.1 Å². The van der Waals surface area contributed by atoms with Crippen LogP contribution in [0.1, 0.15) is 25.0 Å². The summed E-state index contributed by atoms with van der Waals surface area (Å²) in [5, 5.41) is 0. The van der Waals surface area contributed by atoms with Crippen LogP contribution in [0.15, 0.2) is 52.3 Å². The van der Waals surface area contributed by atoms with Gasteiger partial charge in [-0.25, -0.2) is 4.98 Å². The van der Waals surface area contributed by atoms with Crippen LogP contribution in [-0.2, 0) is 4.79 Å². The van der Waals surface area contributed by atoms with Gasteiger partial charge in [0.05, 0.1) is 23.3 Å². The lowest BCUT2D eigenvalue weighted by Crippen LogP contribution is -2.47. The molecule has 0 atom stereocenters. The number of hydrogen-bond donors (Lipinski definition) is 0. The Morgan fingerprint density at radius 1 is 1.08 bits per heavy atom. The molecule has 0 radical (unpaired) electrons. The van der Waals surface area contributed by atoms with Gasteiger partial charge in [0, 0.05) is 38.9 Å². The van der Waals surface area contributed by atoms with E-state index in [9.17, 15) is 9.59 Å². The number of methoxy groups -OCH3 is 1. The number of ether oxygens (including phenoxy) is 1. The summed E-state index contributed by atoms with van der Waals surface area (Å²) in [5.74, 6) is 1.55. The van der Waals surface area contributed by atoms with Crippen LogP contribution in [0.5, 0.6) is 5.75 Å². The van der Waals surface area contributed by atoms with Gasteiger partial charge < -0.3 is 14.5 Å². The molecule has 2 fully saturated rings. The van der Waals surface area contributed by atoms with Gasteiger partial charge in [-0.3, -0.25) is 18.9 Å². The van der Waals surface area contributed by atoms with Crippen molar-refractivity contribution in [2.75, 3.05) is 49.6 Å². The molecule has 38 heavy (non-hydrogen) atoms. The minimum atomic E-state index is -0.199. The van der Waals surface area contributed by atoms with E-state index in [1.807, 2.05) is 51.1 Å². The second-order valence-electron chi connectivity index (χ2n) is 9.92. The number of rotatable bonds is 6. The highest BCUT2D eigenvalue weighted by Crippen LogP contribution is 2.34. The number of aromatic nitrogens is 2. The Bertz CT molecular complexity index is 1490. The standard InChI is InChI=1S/C28H31N5O3S2/c1-18(2)16-33-27(35)23(38-28(33)37)15-20-25(29-24-10-9-19(3)17-32(24)26(20)34)31-13-11-30(12-14-31)21-7-5-6-8-22(21)36-4/h5-10,15,17-18H,11-14,16H2,1-4H3. The molecule has 0 N–H and O–H groups in total. The average molecular weight is 550 g/mol. The second kappa shape index (κ2) is 10.8. The number of fused-ring (bicyclic) bond motifs is 1. The number of benzene rings is 1. The number of pyridine rings is 1. The number of thioether (sulfide) groups is 1. The third kappa shape index (κ3) is 5.02. The van der Waals surface area contributed by atoms with Gasteiger partial charge in [0.15, 0.2) is 0 Å². The number of carbonyl (C=O) groups excluding carboxylic acids is 1. The fourth-order valence-corrected chi connectivity index (χ4v) is 6.08. The third-order valence-electron chi connectivity index (χ3n) is 6.69. The predicted octanol–water partition coefficient (Wildman–Crippen LogP) is 4.20. The Kier molecular flexibility index (Phi) is 7.45. The van der Waals surface area contributed by atoms with Gasteiger partial charge in [0.25, 0.3) is 11.5 Å². The van der Waals surface area contributed by atoms with E-state index in [0.29, 0.717) is 45.9 Å². The van der Waals surface area contributed by atoms with Crippen LogP contribution in [0.2, 0.25) is 0 Å². The normalized spacial score (nSPS) is 17.4. The Labute approximate surface area is 231 Å². The lowest BCUT2D eigenvalue weighted by molar-refractivity contribution is -0.122. The number of thiocarbonyl (C=S) groups is 1. The summed E-state index contributed by atoms with van der Waals surface area (Å²) in [6, 6.07) is 11.8. The van der Waals surface area contributed by atoms with Crippen LogP contribution in [0.3, 0.4) is 0 Å². The smallest absolute Gasteiger partial charge is 0.267 e. The summed E-state index contributed by atoms with van der Waals surface area (Å²) in [5.41, 5.74) is 2.78. The molecular formula is C28H31N5O3S2. The van der Waals surface area contributed by atoms with Gasteiger partial charge in [-0.2, -0.15) is 0 Å². The van der Waals surface area contributed by atoms with Gasteiger partial charge in [-0.05, 0) is 42.7 Å². The first-order valence-corrected chi connectivity index (χ1v) is 13.9. The molecule has 0 bridgehead atoms. The number of para-hydroxylation sites is 2. The molecule has 2 saturated heterocycles. The van der Waals surface area contributed by atoms with Gasteiger partial charge in [-0.15, -0.1) is 0 Å². The molecule has 198 valence electrons. The Morgan fingerprint density at radius 3 is 2.50 bits per heavy atom. The maximum Gasteiger partial charge on any atom is 0.267 e. The van der Waals surface area contributed by atoms with Crippen molar-refractivity contribution in [1.82, 2.24) is 14.3 Å².